The fourth-order valence-corrected chi connectivity index (χ4v) is 5.59. The zero-order valence-electron chi connectivity index (χ0n) is 23.9. The van der Waals surface area contributed by atoms with Crippen molar-refractivity contribution in [1.82, 2.24) is 15.0 Å². The number of hydrogen-bond acceptors (Lipinski definition) is 10. The topological polar surface area (TPSA) is 175 Å². The van der Waals surface area contributed by atoms with E-state index >= 15 is 0 Å². The molecule has 0 saturated heterocycles. The Bertz CT molecular complexity index is 1870. The highest BCUT2D eigenvalue weighted by molar-refractivity contribution is 7.92. The highest BCUT2D eigenvalue weighted by Crippen LogP contribution is 2.36. The number of sulfonamides is 1. The molecule has 2 aromatic heterocycles. The molecular formula is C29H27F4N7O4S. The number of benzene rings is 2. The van der Waals surface area contributed by atoms with Gasteiger partial charge in [-0.25, -0.2) is 22.8 Å². The molecule has 11 nitrogen and oxygen atoms in total. The Kier molecular flexibility index (Phi) is 9.37. The number of phenolic OH excluding ortho intramolecular Hbond substituents is 1. The second-order valence-electron chi connectivity index (χ2n) is 9.69. The number of nitrogen functional groups attached to an aromatic ring is 1. The largest absolute Gasteiger partial charge is 0.505 e. The van der Waals surface area contributed by atoms with Gasteiger partial charge in [0.05, 0.1) is 29.1 Å². The number of carbonyl (C=O) groups excluding carboxylic acids is 1. The van der Waals surface area contributed by atoms with Gasteiger partial charge >= 0.3 is 6.18 Å². The standard InChI is InChI=1S/C29H27F4N7O4S/c1-3-23(41)26(35)25-20(34)13-21(18-12-19(30)24(42)11-16(18)14-29(31,32)33)39-27(25)38-15-22-28(37-10-9-36-22)40(2)45(43,44)17-7-5-4-6-8-17/h4-13,35,42H,3,14-15H2,1-2H3,(H3,34,38,39). The second kappa shape index (κ2) is 12.9. The number of rotatable bonds is 11. The molecule has 0 spiro atoms. The summed E-state index contributed by atoms with van der Waals surface area (Å²) < 4.78 is 81.9. The molecular weight excluding hydrogens is 618 g/mol. The summed E-state index contributed by atoms with van der Waals surface area (Å²) in [4.78, 5) is 25.2. The van der Waals surface area contributed by atoms with E-state index in [4.69, 9.17) is 11.1 Å². The van der Waals surface area contributed by atoms with Gasteiger partial charge in [0.1, 0.15) is 17.2 Å². The fourth-order valence-electron chi connectivity index (χ4n) is 4.39. The number of nitrogens with zero attached hydrogens (tertiary/aromatic N) is 4. The quantitative estimate of drug-likeness (QED) is 0.131. The van der Waals surface area contributed by atoms with Gasteiger partial charge in [-0.3, -0.25) is 19.5 Å². The number of ketones is 1. The van der Waals surface area contributed by atoms with E-state index in [-0.39, 0.29) is 57.7 Å². The van der Waals surface area contributed by atoms with Crippen LogP contribution in [0.25, 0.3) is 11.3 Å². The molecule has 0 aliphatic rings. The average molecular weight is 646 g/mol. The Morgan fingerprint density at radius 3 is 2.42 bits per heavy atom. The minimum Gasteiger partial charge on any atom is -0.505 e. The summed E-state index contributed by atoms with van der Waals surface area (Å²) in [5, 5.41) is 21.0. The number of carbonyl (C=O) groups is 1. The molecule has 16 heteroatoms. The molecule has 0 bridgehead atoms. The van der Waals surface area contributed by atoms with Crippen LogP contribution in [0.5, 0.6) is 5.75 Å². The van der Waals surface area contributed by atoms with Gasteiger partial charge in [0.2, 0.25) is 0 Å². The molecule has 4 aromatic rings. The molecule has 0 saturated carbocycles. The van der Waals surface area contributed by atoms with Gasteiger partial charge in [-0.1, -0.05) is 25.1 Å². The van der Waals surface area contributed by atoms with Crippen LogP contribution in [0.4, 0.5) is 34.9 Å². The molecule has 0 aliphatic carbocycles. The molecule has 45 heavy (non-hydrogen) atoms. The molecule has 0 unspecified atom stereocenters. The zero-order valence-corrected chi connectivity index (χ0v) is 24.7. The first-order valence-corrected chi connectivity index (χ1v) is 14.7. The van der Waals surface area contributed by atoms with E-state index < -0.39 is 51.2 Å². The lowest BCUT2D eigenvalue weighted by Gasteiger charge is -2.21. The summed E-state index contributed by atoms with van der Waals surface area (Å²) >= 11 is 0. The summed E-state index contributed by atoms with van der Waals surface area (Å²) in [6, 6.07) is 9.97. The summed E-state index contributed by atoms with van der Waals surface area (Å²) in [6.45, 7) is 1.22. The van der Waals surface area contributed by atoms with E-state index in [0.29, 0.717) is 12.1 Å². The van der Waals surface area contributed by atoms with Crippen molar-refractivity contribution in [3.05, 3.63) is 83.6 Å². The molecule has 0 amide bonds. The van der Waals surface area contributed by atoms with Gasteiger partial charge in [-0.05, 0) is 35.9 Å². The number of aromatic nitrogens is 3. The first kappa shape index (κ1) is 32.8. The summed E-state index contributed by atoms with van der Waals surface area (Å²) in [5.74, 6) is -3.15. The zero-order chi connectivity index (χ0) is 33.1. The third-order valence-electron chi connectivity index (χ3n) is 6.61. The maximum atomic E-state index is 14.4. The van der Waals surface area contributed by atoms with Crippen LogP contribution in [0.15, 0.2) is 65.8 Å². The van der Waals surface area contributed by atoms with Crippen molar-refractivity contribution in [2.24, 2.45) is 0 Å². The SMILES string of the molecule is CCC(=O)C(=N)c1c(N)cc(-c2cc(F)c(O)cc2CC(F)(F)F)nc1NCc1nccnc1N(C)S(=O)(=O)c1ccccc1. The molecule has 0 atom stereocenters. The summed E-state index contributed by atoms with van der Waals surface area (Å²) in [7, 11) is -2.80. The van der Waals surface area contributed by atoms with Crippen LogP contribution in [0.1, 0.15) is 30.2 Å². The number of nitrogens with one attached hydrogen (secondary N) is 2. The predicted octanol–water partition coefficient (Wildman–Crippen LogP) is 4.85. The molecule has 2 heterocycles. The number of aromatic hydroxyl groups is 1. The van der Waals surface area contributed by atoms with Crippen molar-refractivity contribution in [2.45, 2.75) is 37.4 Å². The number of anilines is 3. The van der Waals surface area contributed by atoms with Gasteiger partial charge in [-0.2, -0.15) is 13.2 Å². The second-order valence-corrected chi connectivity index (χ2v) is 11.7. The summed E-state index contributed by atoms with van der Waals surface area (Å²) in [5.41, 5.74) is 4.23. The minimum atomic E-state index is -4.73. The van der Waals surface area contributed by atoms with Crippen molar-refractivity contribution in [1.29, 1.82) is 5.41 Å². The Balaban J connectivity index is 1.81. The van der Waals surface area contributed by atoms with Crippen molar-refractivity contribution >= 4 is 38.8 Å². The predicted molar refractivity (Wildman–Crippen MR) is 159 cm³/mol. The lowest BCUT2D eigenvalue weighted by Crippen LogP contribution is -2.29. The van der Waals surface area contributed by atoms with E-state index in [9.17, 15) is 35.9 Å². The van der Waals surface area contributed by atoms with Gasteiger partial charge in [-0.15, -0.1) is 0 Å². The highest BCUT2D eigenvalue weighted by atomic mass is 32.2. The van der Waals surface area contributed by atoms with Crippen molar-refractivity contribution in [3.8, 4) is 17.0 Å². The molecule has 0 radical (unpaired) electrons. The first-order valence-electron chi connectivity index (χ1n) is 13.2. The Hall–Kier alpha value is -5.12. The highest BCUT2D eigenvalue weighted by Gasteiger charge is 2.31. The first-order chi connectivity index (χ1) is 21.1. The number of hydrogen-bond donors (Lipinski definition) is 4. The average Bonchev–Trinajstić information content (AvgIpc) is 3.00. The van der Waals surface area contributed by atoms with Gasteiger partial charge < -0.3 is 16.2 Å². The number of halogens is 4. The van der Waals surface area contributed by atoms with E-state index in [2.05, 4.69) is 20.3 Å². The van der Waals surface area contributed by atoms with Crippen LogP contribution in [-0.4, -0.2) is 53.2 Å². The minimum absolute atomic E-state index is 0.0104. The molecule has 0 aliphatic heterocycles. The Morgan fingerprint density at radius 2 is 1.78 bits per heavy atom. The normalized spacial score (nSPS) is 11.7. The van der Waals surface area contributed by atoms with Crippen LogP contribution in [0.3, 0.4) is 0 Å². The molecule has 5 N–H and O–H groups in total. The lowest BCUT2D eigenvalue weighted by molar-refractivity contribution is -0.127. The van der Waals surface area contributed by atoms with E-state index in [1.54, 1.807) is 18.2 Å². The number of nitrogens with two attached hydrogens (primary N) is 1. The van der Waals surface area contributed by atoms with Crippen LogP contribution in [0.2, 0.25) is 0 Å². The van der Waals surface area contributed by atoms with Gasteiger partial charge in [0, 0.05) is 37.1 Å². The number of pyridine rings is 1. The fraction of sp³-hybridized carbons (Fsp3) is 0.207. The van der Waals surface area contributed by atoms with Crippen LogP contribution >= 0.6 is 0 Å². The monoisotopic (exact) mass is 645 g/mol. The van der Waals surface area contributed by atoms with Crippen molar-refractivity contribution in [2.75, 3.05) is 22.4 Å². The van der Waals surface area contributed by atoms with Gasteiger partial charge in [0.15, 0.2) is 23.2 Å². The number of Topliss-reactive ketones (excluding diaryl/α,β-unsaturated/α-hetero) is 1. The van der Waals surface area contributed by atoms with Gasteiger partial charge in [0.25, 0.3) is 10.0 Å². The third-order valence-corrected chi connectivity index (χ3v) is 8.38. The maximum absolute atomic E-state index is 14.4. The Labute approximate surface area is 255 Å². The van der Waals surface area contributed by atoms with E-state index in [1.165, 1.54) is 38.5 Å². The smallest absolute Gasteiger partial charge is 0.393 e. The van der Waals surface area contributed by atoms with Crippen LogP contribution < -0.4 is 15.4 Å². The van der Waals surface area contributed by atoms with E-state index in [0.717, 1.165) is 10.4 Å². The van der Waals surface area contributed by atoms with Crippen molar-refractivity contribution < 1.29 is 35.9 Å². The van der Waals surface area contributed by atoms with E-state index in [1.807, 2.05) is 0 Å². The number of phenols is 1. The third kappa shape index (κ3) is 7.17. The van der Waals surface area contributed by atoms with Crippen LogP contribution in [0, 0.1) is 11.2 Å². The maximum Gasteiger partial charge on any atom is 0.393 e. The lowest BCUT2D eigenvalue weighted by atomic mass is 9.97. The van der Waals surface area contributed by atoms with Crippen molar-refractivity contribution in [3.63, 3.8) is 0 Å². The number of alkyl halides is 3. The molecule has 2 aromatic carbocycles. The Morgan fingerprint density at radius 1 is 1.11 bits per heavy atom. The molecule has 236 valence electrons. The summed E-state index contributed by atoms with van der Waals surface area (Å²) in [6.07, 6.45) is -3.76. The molecule has 4 rings (SSSR count). The van der Waals surface area contributed by atoms with Crippen LogP contribution in [-0.2, 0) is 27.8 Å². The molecule has 0 fully saturated rings.